The van der Waals surface area contributed by atoms with Crippen LogP contribution < -0.4 is 4.74 Å². The van der Waals surface area contributed by atoms with E-state index < -0.39 is 5.97 Å². The molecule has 0 bridgehead atoms. The summed E-state index contributed by atoms with van der Waals surface area (Å²) in [6, 6.07) is 3.86. The van der Waals surface area contributed by atoms with E-state index in [1.54, 1.807) is 6.92 Å². The fraction of sp³-hybridized carbons (Fsp3) is 0.533. The molecular weight excluding hydrogens is 278 g/mol. The Bertz CT molecular complexity index is 504. The molecule has 2 rings (SSSR count). The molecule has 4 nitrogen and oxygen atoms in total. The first kappa shape index (κ1) is 15.1. The molecular formula is C15H20ClNO3. The molecule has 0 spiro atoms. The van der Waals surface area contributed by atoms with Gasteiger partial charge in [0.25, 0.3) is 0 Å². The minimum atomic E-state index is -0.768. The molecule has 0 amide bonds. The Balaban J connectivity index is 2.14. The highest BCUT2D eigenvalue weighted by atomic mass is 35.5. The van der Waals surface area contributed by atoms with Gasteiger partial charge in [-0.05, 0) is 24.2 Å². The second-order valence-corrected chi connectivity index (χ2v) is 5.66. The lowest BCUT2D eigenvalue weighted by Crippen LogP contribution is -2.31. The molecule has 5 heteroatoms. The lowest BCUT2D eigenvalue weighted by molar-refractivity contribution is -0.141. The first-order valence-electron chi connectivity index (χ1n) is 6.90. The highest BCUT2D eigenvalue weighted by Crippen LogP contribution is 2.33. The largest absolute Gasteiger partial charge is 0.493 e. The van der Waals surface area contributed by atoms with Gasteiger partial charge < -0.3 is 9.84 Å². The van der Waals surface area contributed by atoms with Crippen molar-refractivity contribution in [1.29, 1.82) is 0 Å². The lowest BCUT2D eigenvalue weighted by atomic mass is 10.1. The summed E-state index contributed by atoms with van der Waals surface area (Å²) in [6.07, 6.45) is 0.889. The summed E-state index contributed by atoms with van der Waals surface area (Å²) in [5, 5.41) is 9.73. The summed E-state index contributed by atoms with van der Waals surface area (Å²) in [5.41, 5.74) is 2.19. The van der Waals surface area contributed by atoms with Crippen molar-refractivity contribution in [2.75, 3.05) is 19.7 Å². The number of hydrogen-bond acceptors (Lipinski definition) is 3. The van der Waals surface area contributed by atoms with E-state index >= 15 is 0 Å². The van der Waals surface area contributed by atoms with Crippen LogP contribution in [0, 0.1) is 5.92 Å². The van der Waals surface area contributed by atoms with Gasteiger partial charge in [0.1, 0.15) is 5.75 Å². The molecule has 1 N–H and O–H groups in total. The molecule has 1 aliphatic rings. The average Bonchev–Trinajstić information content (AvgIpc) is 2.85. The standard InChI is InChI=1S/C15H20ClNO3/c1-3-17(8-10(2)15(18)19)9-12-7-13(16)6-11-4-5-20-14(11)12/h6-7,10H,3-5,8-9H2,1-2H3,(H,18,19). The van der Waals surface area contributed by atoms with E-state index in [-0.39, 0.29) is 5.92 Å². The van der Waals surface area contributed by atoms with E-state index in [0.717, 1.165) is 29.8 Å². The smallest absolute Gasteiger partial charge is 0.307 e. The van der Waals surface area contributed by atoms with E-state index in [1.165, 1.54) is 0 Å². The van der Waals surface area contributed by atoms with E-state index in [0.29, 0.717) is 24.7 Å². The highest BCUT2D eigenvalue weighted by Gasteiger charge is 2.21. The molecule has 0 aliphatic carbocycles. The second-order valence-electron chi connectivity index (χ2n) is 5.22. The van der Waals surface area contributed by atoms with Crippen molar-refractivity contribution in [3.63, 3.8) is 0 Å². The van der Waals surface area contributed by atoms with E-state index in [4.69, 9.17) is 21.4 Å². The summed E-state index contributed by atoms with van der Waals surface area (Å²) in [7, 11) is 0. The van der Waals surface area contributed by atoms with E-state index in [1.807, 2.05) is 19.1 Å². The number of rotatable bonds is 6. The fourth-order valence-electron chi connectivity index (χ4n) is 2.48. The Labute approximate surface area is 124 Å². The van der Waals surface area contributed by atoms with Gasteiger partial charge in [0.15, 0.2) is 0 Å². The number of benzene rings is 1. The minimum Gasteiger partial charge on any atom is -0.493 e. The number of ether oxygens (including phenoxy) is 1. The number of nitrogens with zero attached hydrogens (tertiary/aromatic N) is 1. The normalized spacial score (nSPS) is 15.0. The van der Waals surface area contributed by atoms with Gasteiger partial charge >= 0.3 is 5.97 Å². The number of fused-ring (bicyclic) bond motifs is 1. The average molecular weight is 298 g/mol. The van der Waals surface area contributed by atoms with Crippen molar-refractivity contribution in [3.05, 3.63) is 28.3 Å². The summed E-state index contributed by atoms with van der Waals surface area (Å²) < 4.78 is 5.68. The summed E-state index contributed by atoms with van der Waals surface area (Å²) in [5.74, 6) is -0.227. The summed E-state index contributed by atoms with van der Waals surface area (Å²) >= 11 is 6.14. The van der Waals surface area contributed by atoms with Crippen LogP contribution in [-0.2, 0) is 17.8 Å². The van der Waals surface area contributed by atoms with Crippen LogP contribution in [0.3, 0.4) is 0 Å². The molecule has 110 valence electrons. The molecule has 1 unspecified atom stereocenters. The molecule has 0 radical (unpaired) electrons. The van der Waals surface area contributed by atoms with Crippen molar-refractivity contribution < 1.29 is 14.6 Å². The van der Waals surface area contributed by atoms with Gasteiger partial charge in [-0.2, -0.15) is 0 Å². The van der Waals surface area contributed by atoms with Crippen LogP contribution >= 0.6 is 11.6 Å². The zero-order chi connectivity index (χ0) is 14.7. The van der Waals surface area contributed by atoms with Gasteiger partial charge in [0, 0.05) is 30.1 Å². The third-order valence-electron chi connectivity index (χ3n) is 3.62. The third-order valence-corrected chi connectivity index (χ3v) is 3.84. The van der Waals surface area contributed by atoms with Crippen molar-refractivity contribution in [3.8, 4) is 5.75 Å². The third kappa shape index (κ3) is 3.44. The van der Waals surface area contributed by atoms with Crippen LogP contribution in [0.1, 0.15) is 25.0 Å². The Morgan fingerprint density at radius 2 is 2.30 bits per heavy atom. The zero-order valence-electron chi connectivity index (χ0n) is 11.9. The molecule has 1 aromatic carbocycles. The van der Waals surface area contributed by atoms with Crippen LogP contribution in [-0.4, -0.2) is 35.7 Å². The van der Waals surface area contributed by atoms with Crippen LogP contribution in [0.15, 0.2) is 12.1 Å². The molecule has 20 heavy (non-hydrogen) atoms. The highest BCUT2D eigenvalue weighted by molar-refractivity contribution is 6.30. The molecule has 1 aliphatic heterocycles. The van der Waals surface area contributed by atoms with Crippen molar-refractivity contribution in [2.45, 2.75) is 26.8 Å². The SMILES string of the molecule is CCN(Cc1cc(Cl)cc2c1OCC2)CC(C)C(=O)O. The Kier molecular flexibility index (Phi) is 4.89. The van der Waals surface area contributed by atoms with Crippen molar-refractivity contribution in [2.24, 2.45) is 5.92 Å². The van der Waals surface area contributed by atoms with Crippen molar-refractivity contribution in [1.82, 2.24) is 4.90 Å². The Hall–Kier alpha value is -1.26. The maximum atomic E-state index is 11.0. The lowest BCUT2D eigenvalue weighted by Gasteiger charge is -2.23. The quantitative estimate of drug-likeness (QED) is 0.877. The maximum absolute atomic E-state index is 11.0. The Morgan fingerprint density at radius 3 is 2.95 bits per heavy atom. The van der Waals surface area contributed by atoms with E-state index in [2.05, 4.69) is 4.90 Å². The molecule has 1 aromatic rings. The van der Waals surface area contributed by atoms with Gasteiger partial charge in [0.2, 0.25) is 0 Å². The Morgan fingerprint density at radius 1 is 1.55 bits per heavy atom. The predicted octanol–water partition coefficient (Wildman–Crippen LogP) is 2.82. The maximum Gasteiger partial charge on any atom is 0.307 e. The molecule has 1 atom stereocenters. The number of carboxylic acid groups (broad SMARTS) is 1. The van der Waals surface area contributed by atoms with Gasteiger partial charge in [0.05, 0.1) is 12.5 Å². The molecule has 1 heterocycles. The second kappa shape index (κ2) is 6.46. The van der Waals surface area contributed by atoms with Gasteiger partial charge in [-0.3, -0.25) is 9.69 Å². The number of carbonyl (C=O) groups is 1. The monoisotopic (exact) mass is 297 g/mol. The fourth-order valence-corrected chi connectivity index (χ4v) is 2.74. The molecule has 0 aromatic heterocycles. The molecule has 0 saturated heterocycles. The molecule has 0 fully saturated rings. The van der Waals surface area contributed by atoms with Crippen LogP contribution in [0.25, 0.3) is 0 Å². The van der Waals surface area contributed by atoms with Gasteiger partial charge in [-0.15, -0.1) is 0 Å². The van der Waals surface area contributed by atoms with Crippen LogP contribution in [0.4, 0.5) is 0 Å². The first-order chi connectivity index (χ1) is 9.51. The topological polar surface area (TPSA) is 49.8 Å². The zero-order valence-corrected chi connectivity index (χ0v) is 12.6. The number of hydrogen-bond donors (Lipinski definition) is 1. The number of aliphatic carboxylic acids is 1. The minimum absolute atomic E-state index is 0.386. The predicted molar refractivity (Wildman–Crippen MR) is 78.4 cm³/mol. The van der Waals surface area contributed by atoms with E-state index in [9.17, 15) is 4.79 Å². The number of carboxylic acids is 1. The van der Waals surface area contributed by atoms with Crippen LogP contribution in [0.5, 0.6) is 5.75 Å². The molecule has 0 saturated carbocycles. The first-order valence-corrected chi connectivity index (χ1v) is 7.28. The van der Waals surface area contributed by atoms with Crippen molar-refractivity contribution >= 4 is 17.6 Å². The summed E-state index contributed by atoms with van der Waals surface area (Å²) in [6.45, 7) is 6.42. The number of halogens is 1. The van der Waals surface area contributed by atoms with Crippen LogP contribution in [0.2, 0.25) is 5.02 Å². The van der Waals surface area contributed by atoms with Gasteiger partial charge in [-0.25, -0.2) is 0 Å². The van der Waals surface area contributed by atoms with Gasteiger partial charge in [-0.1, -0.05) is 25.4 Å². The summed E-state index contributed by atoms with van der Waals surface area (Å²) in [4.78, 5) is 13.1.